The van der Waals surface area contributed by atoms with Crippen LogP contribution in [0.25, 0.3) is 0 Å². The molecular weight excluding hydrogens is 238 g/mol. The third-order valence-electron chi connectivity index (χ3n) is 2.46. The van der Waals surface area contributed by atoms with Crippen LogP contribution in [-0.4, -0.2) is 66.6 Å². The number of aliphatic carboxylic acids is 1. The van der Waals surface area contributed by atoms with Crippen LogP contribution in [0, 0.1) is 0 Å². The minimum absolute atomic E-state index is 0.00352. The fraction of sp³-hybridized carbons (Fsp3) is 0.875. The highest BCUT2D eigenvalue weighted by molar-refractivity contribution is 7.90. The standard InChI is InChI=1S/C8H15NO6S/c1-6(8(11)12)16(13,14)9-2-3-15-7(4-9)5-10/h6-7,10H,2-5H2,1H3,(H,11,12). The molecule has 0 spiro atoms. The summed E-state index contributed by atoms with van der Waals surface area (Å²) >= 11 is 0. The number of rotatable bonds is 4. The van der Waals surface area contributed by atoms with Crippen molar-refractivity contribution in [2.45, 2.75) is 18.3 Å². The topological polar surface area (TPSA) is 104 Å². The van der Waals surface area contributed by atoms with Crippen molar-refractivity contribution in [2.75, 3.05) is 26.3 Å². The lowest BCUT2D eigenvalue weighted by molar-refractivity contribution is -0.136. The molecule has 0 saturated carbocycles. The van der Waals surface area contributed by atoms with Crippen molar-refractivity contribution < 1.29 is 28.2 Å². The number of aliphatic hydroxyl groups is 1. The Kier molecular flexibility index (Phi) is 4.25. The quantitative estimate of drug-likeness (QED) is 0.630. The van der Waals surface area contributed by atoms with E-state index in [-0.39, 0.29) is 26.3 Å². The molecule has 94 valence electrons. The summed E-state index contributed by atoms with van der Waals surface area (Å²) in [4.78, 5) is 10.7. The Balaban J connectivity index is 2.79. The van der Waals surface area contributed by atoms with Crippen molar-refractivity contribution in [3.63, 3.8) is 0 Å². The molecule has 1 aliphatic heterocycles. The average Bonchev–Trinajstić information content (AvgIpc) is 2.27. The number of hydrogen-bond donors (Lipinski definition) is 2. The number of hydrogen-bond acceptors (Lipinski definition) is 5. The molecular formula is C8H15NO6S. The van der Waals surface area contributed by atoms with Crippen molar-refractivity contribution in [3.05, 3.63) is 0 Å². The molecule has 1 heterocycles. The van der Waals surface area contributed by atoms with Crippen molar-refractivity contribution in [3.8, 4) is 0 Å². The SMILES string of the molecule is CC(C(=O)O)S(=O)(=O)N1CCOC(CO)C1. The first-order chi connectivity index (χ1) is 7.39. The summed E-state index contributed by atoms with van der Waals surface area (Å²) in [6.45, 7) is 1.12. The lowest BCUT2D eigenvalue weighted by Gasteiger charge is -2.32. The van der Waals surface area contributed by atoms with E-state index in [4.69, 9.17) is 14.9 Å². The van der Waals surface area contributed by atoms with E-state index in [1.807, 2.05) is 0 Å². The van der Waals surface area contributed by atoms with Crippen LogP contribution in [0.15, 0.2) is 0 Å². The molecule has 0 amide bonds. The van der Waals surface area contributed by atoms with Crippen LogP contribution in [0.5, 0.6) is 0 Å². The van der Waals surface area contributed by atoms with Crippen molar-refractivity contribution >= 4 is 16.0 Å². The van der Waals surface area contributed by atoms with E-state index in [0.29, 0.717) is 0 Å². The van der Waals surface area contributed by atoms with Crippen molar-refractivity contribution in [1.29, 1.82) is 0 Å². The molecule has 2 atom stereocenters. The summed E-state index contributed by atoms with van der Waals surface area (Å²) in [5.74, 6) is -1.38. The second-order valence-corrected chi connectivity index (χ2v) is 5.81. The van der Waals surface area contributed by atoms with Gasteiger partial charge in [0.25, 0.3) is 0 Å². The predicted molar refractivity (Wildman–Crippen MR) is 54.4 cm³/mol. The molecule has 7 nitrogen and oxygen atoms in total. The number of carbonyl (C=O) groups is 1. The highest BCUT2D eigenvalue weighted by Gasteiger charge is 2.36. The summed E-state index contributed by atoms with van der Waals surface area (Å²) in [5, 5.41) is 16.1. The Hall–Kier alpha value is -0.700. The Morgan fingerprint density at radius 3 is 2.75 bits per heavy atom. The van der Waals surface area contributed by atoms with Gasteiger partial charge >= 0.3 is 5.97 Å². The third-order valence-corrected chi connectivity index (χ3v) is 4.61. The van der Waals surface area contributed by atoms with Gasteiger partial charge in [-0.1, -0.05) is 0 Å². The summed E-state index contributed by atoms with van der Waals surface area (Å²) < 4.78 is 29.7. The molecule has 2 N–H and O–H groups in total. The smallest absolute Gasteiger partial charge is 0.323 e. The normalized spacial score (nSPS) is 25.2. The first kappa shape index (κ1) is 13.4. The number of sulfonamides is 1. The van der Waals surface area contributed by atoms with Gasteiger partial charge in [0.1, 0.15) is 0 Å². The third kappa shape index (κ3) is 2.70. The van der Waals surface area contributed by atoms with Crippen molar-refractivity contribution in [2.24, 2.45) is 0 Å². The Morgan fingerprint density at radius 1 is 1.62 bits per heavy atom. The molecule has 8 heteroatoms. The van der Waals surface area contributed by atoms with E-state index >= 15 is 0 Å². The number of morpholine rings is 1. The number of aliphatic hydroxyl groups excluding tert-OH is 1. The van der Waals surface area contributed by atoms with Gasteiger partial charge in [0.15, 0.2) is 5.25 Å². The summed E-state index contributed by atoms with van der Waals surface area (Å²) in [6, 6.07) is 0. The van der Waals surface area contributed by atoms with Gasteiger partial charge in [-0.25, -0.2) is 8.42 Å². The largest absolute Gasteiger partial charge is 0.480 e. The van der Waals surface area contributed by atoms with E-state index < -0.39 is 27.3 Å². The maximum atomic E-state index is 11.8. The highest BCUT2D eigenvalue weighted by Crippen LogP contribution is 2.14. The Morgan fingerprint density at radius 2 is 2.25 bits per heavy atom. The zero-order valence-corrected chi connectivity index (χ0v) is 9.68. The highest BCUT2D eigenvalue weighted by atomic mass is 32.2. The second-order valence-electron chi connectivity index (χ2n) is 3.56. The summed E-state index contributed by atoms with van der Waals surface area (Å²) in [5.41, 5.74) is 0. The molecule has 0 aromatic heterocycles. The van der Waals surface area contributed by atoms with Crippen LogP contribution in [0.3, 0.4) is 0 Å². The van der Waals surface area contributed by atoms with Gasteiger partial charge in [0.2, 0.25) is 10.0 Å². The molecule has 2 unspecified atom stereocenters. The monoisotopic (exact) mass is 253 g/mol. The van der Waals surface area contributed by atoms with Crippen LogP contribution < -0.4 is 0 Å². The molecule has 1 rings (SSSR count). The van der Waals surface area contributed by atoms with Crippen LogP contribution in [0.4, 0.5) is 0 Å². The summed E-state index contributed by atoms with van der Waals surface area (Å²) in [7, 11) is -3.86. The van der Waals surface area contributed by atoms with Crippen LogP contribution in [0.1, 0.15) is 6.92 Å². The number of nitrogens with zero attached hydrogens (tertiary/aromatic N) is 1. The van der Waals surface area contributed by atoms with Gasteiger partial charge in [0.05, 0.1) is 19.3 Å². The number of carboxylic acids is 1. The zero-order valence-electron chi connectivity index (χ0n) is 8.87. The maximum absolute atomic E-state index is 11.8. The fourth-order valence-corrected chi connectivity index (χ4v) is 2.79. The first-order valence-electron chi connectivity index (χ1n) is 4.83. The fourth-order valence-electron chi connectivity index (χ4n) is 1.38. The van der Waals surface area contributed by atoms with Gasteiger partial charge in [0, 0.05) is 13.1 Å². The Bertz CT molecular complexity index is 354. The van der Waals surface area contributed by atoms with Crippen LogP contribution >= 0.6 is 0 Å². The minimum Gasteiger partial charge on any atom is -0.480 e. The first-order valence-corrected chi connectivity index (χ1v) is 6.34. The van der Waals surface area contributed by atoms with Gasteiger partial charge in [-0.2, -0.15) is 4.31 Å². The molecule has 0 aromatic rings. The zero-order chi connectivity index (χ0) is 12.3. The van der Waals surface area contributed by atoms with Gasteiger partial charge in [-0.05, 0) is 6.92 Å². The Labute approximate surface area is 93.7 Å². The minimum atomic E-state index is -3.86. The second kappa shape index (κ2) is 5.09. The molecule has 16 heavy (non-hydrogen) atoms. The number of ether oxygens (including phenoxy) is 1. The molecule has 1 saturated heterocycles. The maximum Gasteiger partial charge on any atom is 0.323 e. The van der Waals surface area contributed by atoms with E-state index in [1.54, 1.807) is 0 Å². The van der Waals surface area contributed by atoms with E-state index in [9.17, 15) is 13.2 Å². The molecule has 1 aliphatic rings. The lowest BCUT2D eigenvalue weighted by Crippen LogP contribution is -2.50. The van der Waals surface area contributed by atoms with Gasteiger partial charge in [-0.3, -0.25) is 4.79 Å². The molecule has 0 bridgehead atoms. The molecule has 1 fully saturated rings. The van der Waals surface area contributed by atoms with Crippen LogP contribution in [0.2, 0.25) is 0 Å². The summed E-state index contributed by atoms with van der Waals surface area (Å²) in [6.07, 6.45) is -0.579. The van der Waals surface area contributed by atoms with Crippen molar-refractivity contribution in [1.82, 2.24) is 4.31 Å². The predicted octanol–water partition coefficient (Wildman–Crippen LogP) is -1.52. The molecule has 0 radical (unpaired) electrons. The number of carboxylic acid groups (broad SMARTS) is 1. The van der Waals surface area contributed by atoms with Crippen LogP contribution in [-0.2, 0) is 19.6 Å². The van der Waals surface area contributed by atoms with E-state index in [2.05, 4.69) is 0 Å². The van der Waals surface area contributed by atoms with Gasteiger partial charge < -0.3 is 14.9 Å². The average molecular weight is 253 g/mol. The lowest BCUT2D eigenvalue weighted by atomic mass is 10.3. The van der Waals surface area contributed by atoms with E-state index in [1.165, 1.54) is 0 Å². The molecule has 0 aromatic carbocycles. The van der Waals surface area contributed by atoms with Gasteiger partial charge in [-0.15, -0.1) is 0 Å². The molecule has 0 aliphatic carbocycles. The van der Waals surface area contributed by atoms with E-state index in [0.717, 1.165) is 11.2 Å².